The number of methoxy groups -OCH3 is 1. The topological polar surface area (TPSA) is 77.0 Å². The molecule has 6 heteroatoms. The second-order valence-corrected chi connectivity index (χ2v) is 6.26. The van der Waals surface area contributed by atoms with Crippen molar-refractivity contribution in [3.05, 3.63) is 95.1 Å². The van der Waals surface area contributed by atoms with Crippen molar-refractivity contribution in [3.63, 3.8) is 0 Å². The molecule has 3 rings (SSSR count). The predicted octanol–water partition coefficient (Wildman–Crippen LogP) is 3.99. The molecule has 0 spiro atoms. The third kappa shape index (κ3) is 5.52. The standard InChI is InChI=1S/C23H20N2O4/c1-16-6-8-19(9-7-16)23(27)29-21-5-3-4-17(14-21)15-24-25-22(26)18-10-12-20(28-2)13-11-18/h3-15H,1-2H3,(H,25,26)/b24-15+. The van der Waals surface area contributed by atoms with Crippen LogP contribution in [-0.4, -0.2) is 25.2 Å². The van der Waals surface area contributed by atoms with E-state index in [1.165, 1.54) is 6.21 Å². The Morgan fingerprint density at radius 3 is 2.28 bits per heavy atom. The number of hydrogen-bond acceptors (Lipinski definition) is 5. The van der Waals surface area contributed by atoms with Gasteiger partial charge in [0, 0.05) is 5.56 Å². The van der Waals surface area contributed by atoms with E-state index in [1.54, 1.807) is 67.8 Å². The highest BCUT2D eigenvalue weighted by atomic mass is 16.5. The number of rotatable bonds is 6. The van der Waals surface area contributed by atoms with Gasteiger partial charge in [0.25, 0.3) is 5.91 Å². The smallest absolute Gasteiger partial charge is 0.343 e. The van der Waals surface area contributed by atoms with E-state index in [0.717, 1.165) is 5.56 Å². The van der Waals surface area contributed by atoms with Crippen molar-refractivity contribution < 1.29 is 19.1 Å². The first-order valence-electron chi connectivity index (χ1n) is 8.91. The number of nitrogens with zero attached hydrogens (tertiary/aromatic N) is 1. The average molecular weight is 388 g/mol. The van der Waals surface area contributed by atoms with Crippen molar-refractivity contribution in [2.24, 2.45) is 5.10 Å². The number of carbonyl (C=O) groups excluding carboxylic acids is 2. The lowest BCUT2D eigenvalue weighted by atomic mass is 10.1. The summed E-state index contributed by atoms with van der Waals surface area (Å²) < 4.78 is 10.5. The maximum atomic E-state index is 12.2. The Morgan fingerprint density at radius 2 is 1.59 bits per heavy atom. The van der Waals surface area contributed by atoms with E-state index in [9.17, 15) is 9.59 Å². The van der Waals surface area contributed by atoms with E-state index in [1.807, 2.05) is 19.1 Å². The number of aryl methyl sites for hydroxylation is 1. The fourth-order valence-electron chi connectivity index (χ4n) is 2.49. The molecule has 0 aliphatic heterocycles. The van der Waals surface area contributed by atoms with Gasteiger partial charge in [-0.05, 0) is 61.0 Å². The Labute approximate surface area is 168 Å². The average Bonchev–Trinajstić information content (AvgIpc) is 2.74. The van der Waals surface area contributed by atoms with Crippen molar-refractivity contribution in [1.29, 1.82) is 0 Å². The van der Waals surface area contributed by atoms with Crippen molar-refractivity contribution in [2.75, 3.05) is 7.11 Å². The van der Waals surface area contributed by atoms with Gasteiger partial charge in [0.1, 0.15) is 11.5 Å². The highest BCUT2D eigenvalue weighted by Gasteiger charge is 2.08. The minimum Gasteiger partial charge on any atom is -0.497 e. The van der Waals surface area contributed by atoms with Gasteiger partial charge in [-0.3, -0.25) is 4.79 Å². The predicted molar refractivity (Wildman–Crippen MR) is 111 cm³/mol. The molecule has 0 bridgehead atoms. The molecular weight excluding hydrogens is 368 g/mol. The largest absolute Gasteiger partial charge is 0.497 e. The van der Waals surface area contributed by atoms with Gasteiger partial charge in [-0.1, -0.05) is 29.8 Å². The number of hydrogen-bond donors (Lipinski definition) is 1. The van der Waals surface area contributed by atoms with E-state index in [0.29, 0.717) is 28.2 Å². The van der Waals surface area contributed by atoms with E-state index < -0.39 is 5.97 Å². The van der Waals surface area contributed by atoms with Crippen LogP contribution in [0.2, 0.25) is 0 Å². The number of carbonyl (C=O) groups is 2. The van der Waals surface area contributed by atoms with E-state index in [4.69, 9.17) is 9.47 Å². The van der Waals surface area contributed by atoms with Crippen LogP contribution in [-0.2, 0) is 0 Å². The first-order chi connectivity index (χ1) is 14.0. The molecule has 0 atom stereocenters. The number of hydrazone groups is 1. The second-order valence-electron chi connectivity index (χ2n) is 6.26. The number of nitrogens with one attached hydrogen (secondary N) is 1. The minimum absolute atomic E-state index is 0.342. The quantitative estimate of drug-likeness (QED) is 0.300. The molecular formula is C23H20N2O4. The Balaban J connectivity index is 1.60. The number of amides is 1. The van der Waals surface area contributed by atoms with E-state index in [2.05, 4.69) is 10.5 Å². The summed E-state index contributed by atoms with van der Waals surface area (Å²) in [7, 11) is 1.56. The van der Waals surface area contributed by atoms with Gasteiger partial charge in [0.15, 0.2) is 0 Å². The molecule has 0 fully saturated rings. The van der Waals surface area contributed by atoms with E-state index in [-0.39, 0.29) is 5.91 Å². The maximum Gasteiger partial charge on any atom is 0.343 e. The first-order valence-corrected chi connectivity index (χ1v) is 8.91. The number of ether oxygens (including phenoxy) is 2. The zero-order valence-electron chi connectivity index (χ0n) is 16.1. The van der Waals surface area contributed by atoms with Crippen LogP contribution in [0.1, 0.15) is 31.8 Å². The summed E-state index contributed by atoms with van der Waals surface area (Å²) in [6, 6.07) is 20.7. The third-order valence-electron chi connectivity index (χ3n) is 4.09. The zero-order chi connectivity index (χ0) is 20.6. The lowest BCUT2D eigenvalue weighted by molar-refractivity contribution is 0.0734. The normalized spacial score (nSPS) is 10.6. The van der Waals surface area contributed by atoms with Crippen molar-refractivity contribution >= 4 is 18.1 Å². The van der Waals surface area contributed by atoms with Gasteiger partial charge < -0.3 is 9.47 Å². The monoisotopic (exact) mass is 388 g/mol. The van der Waals surface area contributed by atoms with Crippen LogP contribution in [0, 0.1) is 6.92 Å². The Bertz CT molecular complexity index is 1030. The molecule has 146 valence electrons. The summed E-state index contributed by atoms with van der Waals surface area (Å²) in [5.41, 5.74) is 5.13. The van der Waals surface area contributed by atoms with Gasteiger partial charge in [-0.15, -0.1) is 0 Å². The fourth-order valence-corrected chi connectivity index (χ4v) is 2.49. The van der Waals surface area contributed by atoms with Crippen LogP contribution in [0.25, 0.3) is 0 Å². The lowest BCUT2D eigenvalue weighted by Gasteiger charge is -2.05. The molecule has 1 amide bonds. The molecule has 0 heterocycles. The minimum atomic E-state index is -0.438. The van der Waals surface area contributed by atoms with Crippen molar-refractivity contribution in [2.45, 2.75) is 6.92 Å². The lowest BCUT2D eigenvalue weighted by Crippen LogP contribution is -2.17. The van der Waals surface area contributed by atoms with Crippen molar-refractivity contribution in [3.8, 4) is 11.5 Å². The molecule has 0 aromatic heterocycles. The summed E-state index contributed by atoms with van der Waals surface area (Å²) in [6.07, 6.45) is 1.48. The van der Waals surface area contributed by atoms with Crippen LogP contribution < -0.4 is 14.9 Å². The Kier molecular flexibility index (Phi) is 6.37. The molecule has 0 unspecified atom stereocenters. The van der Waals surface area contributed by atoms with Crippen LogP contribution in [0.4, 0.5) is 0 Å². The highest BCUT2D eigenvalue weighted by molar-refractivity contribution is 5.95. The molecule has 29 heavy (non-hydrogen) atoms. The van der Waals surface area contributed by atoms with Gasteiger partial charge >= 0.3 is 5.97 Å². The first kappa shape index (κ1) is 19.8. The highest BCUT2D eigenvalue weighted by Crippen LogP contribution is 2.15. The summed E-state index contributed by atoms with van der Waals surface area (Å²) >= 11 is 0. The third-order valence-corrected chi connectivity index (χ3v) is 4.09. The Morgan fingerprint density at radius 1 is 0.897 bits per heavy atom. The SMILES string of the molecule is COc1ccc(C(=O)N/N=C/c2cccc(OC(=O)c3ccc(C)cc3)c2)cc1. The van der Waals surface area contributed by atoms with Gasteiger partial charge in [0.05, 0.1) is 18.9 Å². The van der Waals surface area contributed by atoms with Crippen LogP contribution in [0.5, 0.6) is 11.5 Å². The van der Waals surface area contributed by atoms with Gasteiger partial charge in [-0.2, -0.15) is 5.10 Å². The molecule has 3 aromatic carbocycles. The van der Waals surface area contributed by atoms with Crippen LogP contribution >= 0.6 is 0 Å². The molecule has 3 aromatic rings. The number of benzene rings is 3. The summed E-state index contributed by atoms with van der Waals surface area (Å²) in [5, 5.41) is 3.95. The van der Waals surface area contributed by atoms with E-state index >= 15 is 0 Å². The molecule has 0 aliphatic rings. The molecule has 0 aliphatic carbocycles. The van der Waals surface area contributed by atoms with Crippen molar-refractivity contribution in [1.82, 2.24) is 5.43 Å². The fraction of sp³-hybridized carbons (Fsp3) is 0.0870. The van der Waals surface area contributed by atoms with Crippen LogP contribution in [0.15, 0.2) is 77.9 Å². The van der Waals surface area contributed by atoms with Gasteiger partial charge in [-0.25, -0.2) is 10.2 Å². The summed E-state index contributed by atoms with van der Waals surface area (Å²) in [6.45, 7) is 1.95. The summed E-state index contributed by atoms with van der Waals surface area (Å²) in [5.74, 6) is 0.279. The Hall–Kier alpha value is -3.93. The molecule has 0 saturated heterocycles. The molecule has 1 N–H and O–H groups in total. The number of esters is 1. The molecule has 0 saturated carbocycles. The zero-order valence-corrected chi connectivity index (χ0v) is 16.1. The second kappa shape index (κ2) is 9.32. The summed E-state index contributed by atoms with van der Waals surface area (Å²) in [4.78, 5) is 24.3. The maximum absolute atomic E-state index is 12.2. The van der Waals surface area contributed by atoms with Gasteiger partial charge in [0.2, 0.25) is 0 Å². The molecule has 6 nitrogen and oxygen atoms in total. The van der Waals surface area contributed by atoms with Crippen LogP contribution in [0.3, 0.4) is 0 Å². The molecule has 0 radical (unpaired) electrons.